The van der Waals surface area contributed by atoms with Gasteiger partial charge in [-0.1, -0.05) is 0 Å². The third kappa shape index (κ3) is 3.32. The molecule has 0 aliphatic heterocycles. The molecule has 2 aromatic heterocycles. The maximum absolute atomic E-state index is 11.1. The van der Waals surface area contributed by atoms with Gasteiger partial charge in [0.05, 0.1) is 30.1 Å². The number of nitro groups is 1. The van der Waals surface area contributed by atoms with Gasteiger partial charge in [-0.3, -0.25) is 10.1 Å². The summed E-state index contributed by atoms with van der Waals surface area (Å²) in [6.07, 6.45) is 1.58. The number of rotatable bonds is 6. The molecule has 0 aliphatic rings. The molecule has 23 heavy (non-hydrogen) atoms. The molecule has 0 unspecified atom stereocenters. The number of nitrogens with zero attached hydrogens (tertiary/aromatic N) is 2. The van der Waals surface area contributed by atoms with Crippen LogP contribution in [0.3, 0.4) is 0 Å². The van der Waals surface area contributed by atoms with E-state index in [9.17, 15) is 10.1 Å². The Labute approximate surface area is 135 Å². The monoisotopic (exact) mass is 332 g/mol. The Morgan fingerprint density at radius 2 is 2.26 bits per heavy atom. The van der Waals surface area contributed by atoms with Crippen LogP contribution in [0.25, 0.3) is 10.8 Å². The first-order valence-corrected chi connectivity index (χ1v) is 7.49. The van der Waals surface area contributed by atoms with E-state index in [0.717, 1.165) is 5.01 Å². The highest BCUT2D eigenvalue weighted by Gasteiger charge is 2.17. The van der Waals surface area contributed by atoms with Crippen molar-refractivity contribution < 1.29 is 18.8 Å². The minimum Gasteiger partial charge on any atom is -0.496 e. The lowest BCUT2D eigenvalue weighted by molar-refractivity contribution is -0.386. The Morgan fingerprint density at radius 1 is 1.39 bits per heavy atom. The van der Waals surface area contributed by atoms with Crippen molar-refractivity contribution in [3.05, 3.63) is 57.8 Å². The van der Waals surface area contributed by atoms with E-state index >= 15 is 0 Å². The number of furan rings is 1. The number of thiazole rings is 1. The topological polar surface area (TPSA) is 87.6 Å². The van der Waals surface area contributed by atoms with Gasteiger partial charge in [0.1, 0.15) is 12.4 Å². The molecule has 0 saturated carbocycles. The van der Waals surface area contributed by atoms with E-state index in [4.69, 9.17) is 13.9 Å². The third-order valence-corrected chi connectivity index (χ3v) is 3.93. The van der Waals surface area contributed by atoms with Gasteiger partial charge in [-0.2, -0.15) is 0 Å². The van der Waals surface area contributed by atoms with Gasteiger partial charge >= 0.3 is 5.69 Å². The van der Waals surface area contributed by atoms with E-state index in [-0.39, 0.29) is 18.0 Å². The number of aromatic nitrogens is 1. The Balaban J connectivity index is 1.74. The standard InChI is InChI=1S/C15H12N2O5S/c1-20-11-4-5-13(12(7-11)17(18)19)22-8-10-9-23-15(16-10)14-3-2-6-21-14/h2-7,9H,8H2,1H3. The molecule has 0 saturated heterocycles. The number of hydrogen-bond acceptors (Lipinski definition) is 7. The Bertz CT molecular complexity index is 813. The summed E-state index contributed by atoms with van der Waals surface area (Å²) in [6.45, 7) is 0.129. The van der Waals surface area contributed by atoms with Crippen molar-refractivity contribution in [1.29, 1.82) is 0 Å². The molecule has 8 heteroatoms. The second-order valence-electron chi connectivity index (χ2n) is 4.50. The molecule has 0 atom stereocenters. The van der Waals surface area contributed by atoms with E-state index in [2.05, 4.69) is 4.98 Å². The SMILES string of the molecule is COc1ccc(OCc2csc(-c3ccco3)n2)c([N+](=O)[O-])c1. The molecule has 1 aromatic carbocycles. The molecule has 0 bridgehead atoms. The molecule has 0 spiro atoms. The molecule has 2 heterocycles. The van der Waals surface area contributed by atoms with Crippen LogP contribution in [-0.4, -0.2) is 17.0 Å². The van der Waals surface area contributed by atoms with E-state index in [1.54, 1.807) is 18.4 Å². The predicted octanol–water partition coefficient (Wildman–Crippen LogP) is 3.90. The van der Waals surface area contributed by atoms with Crippen LogP contribution >= 0.6 is 11.3 Å². The van der Waals surface area contributed by atoms with Crippen LogP contribution in [0.2, 0.25) is 0 Å². The second kappa shape index (κ2) is 6.49. The van der Waals surface area contributed by atoms with Crippen molar-refractivity contribution in [3.8, 4) is 22.3 Å². The molecule has 3 aromatic rings. The molecule has 0 N–H and O–H groups in total. The lowest BCUT2D eigenvalue weighted by Gasteiger charge is -2.06. The second-order valence-corrected chi connectivity index (χ2v) is 5.36. The highest BCUT2D eigenvalue weighted by molar-refractivity contribution is 7.13. The fourth-order valence-corrected chi connectivity index (χ4v) is 2.70. The fourth-order valence-electron chi connectivity index (χ4n) is 1.93. The van der Waals surface area contributed by atoms with Crippen molar-refractivity contribution in [1.82, 2.24) is 4.98 Å². The molecule has 0 radical (unpaired) electrons. The van der Waals surface area contributed by atoms with Gasteiger partial charge in [-0.25, -0.2) is 4.98 Å². The summed E-state index contributed by atoms with van der Waals surface area (Å²) >= 11 is 1.42. The molecular formula is C15H12N2O5S. The Hall–Kier alpha value is -2.87. The number of methoxy groups -OCH3 is 1. The van der Waals surface area contributed by atoms with Gasteiger partial charge in [0, 0.05) is 5.38 Å². The number of benzene rings is 1. The van der Waals surface area contributed by atoms with Crippen LogP contribution in [0.5, 0.6) is 11.5 Å². The van der Waals surface area contributed by atoms with Crippen LogP contribution in [-0.2, 0) is 6.61 Å². The van der Waals surface area contributed by atoms with Crippen LogP contribution in [0.15, 0.2) is 46.4 Å². The zero-order valence-corrected chi connectivity index (χ0v) is 12.9. The zero-order chi connectivity index (χ0) is 16.2. The fraction of sp³-hybridized carbons (Fsp3) is 0.133. The molecule has 0 aliphatic carbocycles. The first-order valence-electron chi connectivity index (χ1n) is 6.61. The number of hydrogen-bond donors (Lipinski definition) is 0. The molecule has 0 fully saturated rings. The number of ether oxygens (including phenoxy) is 2. The van der Waals surface area contributed by atoms with Crippen molar-refractivity contribution in [3.63, 3.8) is 0 Å². The van der Waals surface area contributed by atoms with Gasteiger partial charge < -0.3 is 13.9 Å². The normalized spacial score (nSPS) is 10.5. The first kappa shape index (κ1) is 15.0. The van der Waals surface area contributed by atoms with Crippen LogP contribution in [0.1, 0.15) is 5.69 Å². The average molecular weight is 332 g/mol. The van der Waals surface area contributed by atoms with E-state index in [1.165, 1.54) is 30.6 Å². The van der Waals surface area contributed by atoms with E-state index in [0.29, 0.717) is 17.2 Å². The summed E-state index contributed by atoms with van der Waals surface area (Å²) in [7, 11) is 1.45. The van der Waals surface area contributed by atoms with Gasteiger partial charge in [0.15, 0.2) is 16.5 Å². The van der Waals surface area contributed by atoms with Gasteiger partial charge in [-0.05, 0) is 24.3 Å². The van der Waals surface area contributed by atoms with E-state index < -0.39 is 4.92 Å². The van der Waals surface area contributed by atoms with E-state index in [1.807, 2.05) is 11.4 Å². The van der Waals surface area contributed by atoms with Crippen molar-refractivity contribution in [2.75, 3.05) is 7.11 Å². The average Bonchev–Trinajstić information content (AvgIpc) is 3.23. The minimum atomic E-state index is -0.507. The lowest BCUT2D eigenvalue weighted by atomic mass is 10.3. The smallest absolute Gasteiger partial charge is 0.314 e. The molecular weight excluding hydrogens is 320 g/mol. The molecule has 7 nitrogen and oxygen atoms in total. The van der Waals surface area contributed by atoms with Crippen LogP contribution in [0, 0.1) is 10.1 Å². The van der Waals surface area contributed by atoms with Crippen molar-refractivity contribution in [2.45, 2.75) is 6.61 Å². The molecule has 0 amide bonds. The summed E-state index contributed by atoms with van der Waals surface area (Å²) in [5.74, 6) is 1.25. The summed E-state index contributed by atoms with van der Waals surface area (Å²) < 4.78 is 15.8. The Morgan fingerprint density at radius 3 is 2.96 bits per heavy atom. The summed E-state index contributed by atoms with van der Waals surface area (Å²) in [5.41, 5.74) is 0.525. The quantitative estimate of drug-likeness (QED) is 0.502. The van der Waals surface area contributed by atoms with Gasteiger partial charge in [0.2, 0.25) is 0 Å². The Kier molecular flexibility index (Phi) is 4.24. The first-order chi connectivity index (χ1) is 11.2. The largest absolute Gasteiger partial charge is 0.496 e. The third-order valence-electron chi connectivity index (χ3n) is 3.02. The van der Waals surface area contributed by atoms with Gasteiger partial charge in [-0.15, -0.1) is 11.3 Å². The number of nitro benzene ring substituents is 1. The lowest BCUT2D eigenvalue weighted by Crippen LogP contribution is -2.00. The maximum Gasteiger partial charge on any atom is 0.314 e. The predicted molar refractivity (Wildman–Crippen MR) is 83.8 cm³/mol. The van der Waals surface area contributed by atoms with Crippen molar-refractivity contribution >= 4 is 17.0 Å². The minimum absolute atomic E-state index is 0.129. The highest BCUT2D eigenvalue weighted by atomic mass is 32.1. The van der Waals surface area contributed by atoms with Crippen LogP contribution < -0.4 is 9.47 Å². The summed E-state index contributed by atoms with van der Waals surface area (Å²) in [5, 5.41) is 13.7. The van der Waals surface area contributed by atoms with Gasteiger partial charge in [0.25, 0.3) is 0 Å². The van der Waals surface area contributed by atoms with Crippen molar-refractivity contribution in [2.24, 2.45) is 0 Å². The maximum atomic E-state index is 11.1. The zero-order valence-electron chi connectivity index (χ0n) is 12.1. The van der Waals surface area contributed by atoms with Crippen LogP contribution in [0.4, 0.5) is 5.69 Å². The highest BCUT2D eigenvalue weighted by Crippen LogP contribution is 2.32. The molecule has 118 valence electrons. The molecule has 3 rings (SSSR count). The summed E-state index contributed by atoms with van der Waals surface area (Å²) in [6, 6.07) is 8.05. The summed E-state index contributed by atoms with van der Waals surface area (Å²) in [4.78, 5) is 15.0.